The zero-order valence-electron chi connectivity index (χ0n) is 10.9. The highest BCUT2D eigenvalue weighted by molar-refractivity contribution is 7.89. The van der Waals surface area contributed by atoms with Gasteiger partial charge in [-0.3, -0.25) is 0 Å². The highest BCUT2D eigenvalue weighted by Crippen LogP contribution is 2.32. The lowest BCUT2D eigenvalue weighted by Gasteiger charge is -2.29. The molecule has 1 saturated heterocycles. The number of imidazole rings is 1. The zero-order valence-corrected chi connectivity index (χ0v) is 11.7. The van der Waals surface area contributed by atoms with Crippen molar-refractivity contribution < 1.29 is 8.42 Å². The molecule has 1 atom stereocenters. The topological polar surface area (TPSA) is 78.1 Å². The van der Waals surface area contributed by atoms with Crippen molar-refractivity contribution in [2.75, 3.05) is 13.1 Å². The molecule has 1 saturated carbocycles. The molecule has 0 spiro atoms. The van der Waals surface area contributed by atoms with Crippen molar-refractivity contribution in [1.82, 2.24) is 19.6 Å². The van der Waals surface area contributed by atoms with E-state index in [1.54, 1.807) is 4.31 Å². The number of piperidine rings is 1. The highest BCUT2D eigenvalue weighted by atomic mass is 32.2. The molecule has 1 aliphatic carbocycles. The minimum absolute atomic E-state index is 0.178. The van der Waals surface area contributed by atoms with Gasteiger partial charge in [0.25, 0.3) is 10.0 Å². The molecule has 0 aromatic carbocycles. The molecule has 1 aromatic rings. The molecule has 0 bridgehead atoms. The highest BCUT2D eigenvalue weighted by Gasteiger charge is 2.39. The molecule has 1 unspecified atom stereocenters. The van der Waals surface area contributed by atoms with Crippen LogP contribution in [0.25, 0.3) is 0 Å². The van der Waals surface area contributed by atoms with Crippen LogP contribution in [0, 0.1) is 0 Å². The normalized spacial score (nSPS) is 24.8. The van der Waals surface area contributed by atoms with E-state index in [1.165, 1.54) is 25.4 Å². The maximum absolute atomic E-state index is 12.6. The summed E-state index contributed by atoms with van der Waals surface area (Å²) in [5.74, 6) is 0. The van der Waals surface area contributed by atoms with E-state index in [1.807, 2.05) is 0 Å². The second-order valence-electron chi connectivity index (χ2n) is 5.37. The Morgan fingerprint density at radius 1 is 1.32 bits per heavy atom. The van der Waals surface area contributed by atoms with Gasteiger partial charge in [-0.2, -0.15) is 4.31 Å². The third-order valence-corrected chi connectivity index (χ3v) is 5.67. The summed E-state index contributed by atoms with van der Waals surface area (Å²) in [5.41, 5.74) is 0. The van der Waals surface area contributed by atoms with Crippen LogP contribution in [0.4, 0.5) is 0 Å². The van der Waals surface area contributed by atoms with Crippen molar-refractivity contribution >= 4 is 10.0 Å². The first-order valence-electron chi connectivity index (χ1n) is 6.91. The summed E-state index contributed by atoms with van der Waals surface area (Å²) < 4.78 is 26.8. The van der Waals surface area contributed by atoms with Crippen LogP contribution in [0.1, 0.15) is 32.1 Å². The van der Waals surface area contributed by atoms with Crippen LogP contribution < -0.4 is 5.32 Å². The Morgan fingerprint density at radius 3 is 2.74 bits per heavy atom. The summed E-state index contributed by atoms with van der Waals surface area (Å²) in [4.78, 5) is 6.54. The number of sulfonamides is 1. The molecule has 1 aromatic heterocycles. The Labute approximate surface area is 113 Å². The number of nitrogens with zero attached hydrogens (tertiary/aromatic N) is 2. The van der Waals surface area contributed by atoms with Crippen LogP contribution in [-0.4, -0.2) is 47.9 Å². The van der Waals surface area contributed by atoms with Gasteiger partial charge >= 0.3 is 0 Å². The minimum Gasteiger partial charge on any atom is -0.335 e. The number of H-pyrrole nitrogens is 1. The van der Waals surface area contributed by atoms with E-state index in [2.05, 4.69) is 15.3 Å². The number of nitrogens with one attached hydrogen (secondary N) is 2. The number of rotatable bonds is 5. The maximum atomic E-state index is 12.6. The van der Waals surface area contributed by atoms with Gasteiger partial charge in [0, 0.05) is 18.6 Å². The molecule has 19 heavy (non-hydrogen) atoms. The molecular weight excluding hydrogens is 264 g/mol. The number of hydrogen-bond acceptors (Lipinski definition) is 4. The van der Waals surface area contributed by atoms with E-state index < -0.39 is 10.0 Å². The lowest BCUT2D eigenvalue weighted by atomic mass is 10.1. The molecule has 2 fully saturated rings. The second-order valence-corrected chi connectivity index (χ2v) is 7.23. The number of aromatic amines is 1. The van der Waals surface area contributed by atoms with Gasteiger partial charge in [0.05, 0.1) is 12.5 Å². The summed E-state index contributed by atoms with van der Waals surface area (Å²) >= 11 is 0. The van der Waals surface area contributed by atoms with Gasteiger partial charge in [-0.15, -0.1) is 0 Å². The summed E-state index contributed by atoms with van der Waals surface area (Å²) in [6, 6.07) is 0.462. The van der Waals surface area contributed by atoms with Crippen LogP contribution >= 0.6 is 0 Å². The van der Waals surface area contributed by atoms with Gasteiger partial charge in [0.15, 0.2) is 5.03 Å². The molecule has 106 valence electrons. The van der Waals surface area contributed by atoms with E-state index in [4.69, 9.17) is 0 Å². The summed E-state index contributed by atoms with van der Waals surface area (Å²) in [7, 11) is -3.42. The summed E-state index contributed by atoms with van der Waals surface area (Å²) in [5, 5.41) is 3.62. The molecule has 2 aliphatic rings. The fourth-order valence-electron chi connectivity index (χ4n) is 2.61. The van der Waals surface area contributed by atoms with Crippen molar-refractivity contribution in [1.29, 1.82) is 0 Å². The van der Waals surface area contributed by atoms with Gasteiger partial charge in [-0.1, -0.05) is 6.42 Å². The fourth-order valence-corrected chi connectivity index (χ4v) is 4.24. The Morgan fingerprint density at radius 2 is 2.16 bits per heavy atom. The Bertz CT molecular complexity index is 504. The smallest absolute Gasteiger partial charge is 0.260 e. The van der Waals surface area contributed by atoms with Crippen molar-refractivity contribution in [2.45, 2.75) is 49.2 Å². The first-order chi connectivity index (χ1) is 9.18. The first kappa shape index (κ1) is 13.1. The molecule has 2 N–H and O–H groups in total. The average molecular weight is 284 g/mol. The molecule has 1 aliphatic heterocycles. The Balaban J connectivity index is 1.77. The van der Waals surface area contributed by atoms with Gasteiger partial charge < -0.3 is 10.3 Å². The predicted octanol–water partition coefficient (Wildman–Crippen LogP) is 0.705. The van der Waals surface area contributed by atoms with Crippen molar-refractivity contribution in [2.24, 2.45) is 0 Å². The zero-order chi connectivity index (χ0) is 13.3. The van der Waals surface area contributed by atoms with E-state index in [0.29, 0.717) is 6.54 Å². The molecular formula is C12H20N4O2S. The van der Waals surface area contributed by atoms with Gasteiger partial charge in [-0.25, -0.2) is 13.4 Å². The quantitative estimate of drug-likeness (QED) is 0.834. The van der Waals surface area contributed by atoms with Gasteiger partial charge in [0.2, 0.25) is 0 Å². The van der Waals surface area contributed by atoms with Crippen molar-refractivity contribution in [3.8, 4) is 0 Å². The molecule has 7 heteroatoms. The van der Waals surface area contributed by atoms with E-state index in [0.717, 1.165) is 25.8 Å². The molecule has 3 rings (SSSR count). The van der Waals surface area contributed by atoms with Crippen LogP contribution in [0.2, 0.25) is 0 Å². The Hall–Kier alpha value is -0.920. The summed E-state index contributed by atoms with van der Waals surface area (Å²) in [6.07, 6.45) is 8.17. The van der Waals surface area contributed by atoms with Gasteiger partial charge in [-0.05, 0) is 32.2 Å². The second kappa shape index (κ2) is 5.22. The van der Waals surface area contributed by atoms with E-state index >= 15 is 0 Å². The fraction of sp³-hybridized carbons (Fsp3) is 0.750. The largest absolute Gasteiger partial charge is 0.335 e. The third-order valence-electron chi connectivity index (χ3n) is 3.83. The summed E-state index contributed by atoms with van der Waals surface area (Å²) in [6.45, 7) is 1.57. The first-order valence-corrected chi connectivity index (χ1v) is 8.35. The molecule has 6 nitrogen and oxygen atoms in total. The predicted molar refractivity (Wildman–Crippen MR) is 71.1 cm³/mol. The Kier molecular flexibility index (Phi) is 3.60. The van der Waals surface area contributed by atoms with Crippen molar-refractivity contribution in [3.63, 3.8) is 0 Å². The van der Waals surface area contributed by atoms with Crippen LogP contribution in [0.5, 0.6) is 0 Å². The van der Waals surface area contributed by atoms with Gasteiger partial charge in [0.1, 0.15) is 0 Å². The van der Waals surface area contributed by atoms with Crippen LogP contribution in [0.15, 0.2) is 17.6 Å². The number of hydrogen-bond donors (Lipinski definition) is 2. The molecule has 0 radical (unpaired) electrons. The third kappa shape index (κ3) is 2.82. The standard InChI is InChI=1S/C12H20N4O2S/c17-19(18,12-7-13-9-15-12)16(11-4-5-11)8-10-3-1-2-6-14-10/h7,9-11,14H,1-6,8H2,(H,13,15). The minimum atomic E-state index is -3.42. The van der Waals surface area contributed by atoms with E-state index in [9.17, 15) is 8.42 Å². The van der Waals surface area contributed by atoms with Crippen LogP contribution in [-0.2, 0) is 10.0 Å². The average Bonchev–Trinajstić information content (AvgIpc) is 3.09. The number of aromatic nitrogens is 2. The van der Waals surface area contributed by atoms with Crippen molar-refractivity contribution in [3.05, 3.63) is 12.5 Å². The lowest BCUT2D eigenvalue weighted by molar-refractivity contribution is 0.307. The molecule has 0 amide bonds. The SMILES string of the molecule is O=S(=O)(c1cnc[nH]1)N(CC1CCCCN1)C1CC1. The van der Waals surface area contributed by atoms with Crippen LogP contribution in [0.3, 0.4) is 0 Å². The molecule has 2 heterocycles. The monoisotopic (exact) mass is 284 g/mol. The lowest BCUT2D eigenvalue weighted by Crippen LogP contribution is -2.46. The van der Waals surface area contributed by atoms with E-state index in [-0.39, 0.29) is 17.1 Å². The maximum Gasteiger partial charge on any atom is 0.260 e.